The molecule has 3 aromatic carbocycles. The number of nitrogens with zero attached hydrogens (tertiary/aromatic N) is 2. The van der Waals surface area contributed by atoms with Crippen molar-refractivity contribution < 1.29 is 26.8 Å². The summed E-state index contributed by atoms with van der Waals surface area (Å²) in [6, 6.07) is 15.9. The largest absolute Gasteiger partial charge is 0.352 e. The number of carbonyl (C=O) groups excluding carboxylic acids is 2. The quantitative estimate of drug-likeness (QED) is 0.249. The van der Waals surface area contributed by atoms with Crippen molar-refractivity contribution >= 4 is 50.7 Å². The number of sulfonamides is 1. The Morgan fingerprint density at radius 3 is 2.19 bits per heavy atom. The van der Waals surface area contributed by atoms with Crippen LogP contribution in [-0.4, -0.2) is 50.0 Å². The molecule has 0 aliphatic rings. The van der Waals surface area contributed by atoms with Crippen LogP contribution >= 0.6 is 23.2 Å². The van der Waals surface area contributed by atoms with Crippen LogP contribution in [0.5, 0.6) is 0 Å². The first-order chi connectivity index (χ1) is 19.8. The molecule has 1 N–H and O–H groups in total. The Morgan fingerprint density at radius 2 is 1.60 bits per heavy atom. The molecule has 0 saturated carbocycles. The van der Waals surface area contributed by atoms with Gasteiger partial charge >= 0.3 is 0 Å². The number of anilines is 1. The van der Waals surface area contributed by atoms with Crippen LogP contribution in [0.4, 0.5) is 14.5 Å². The van der Waals surface area contributed by atoms with Crippen molar-refractivity contribution in [2.45, 2.75) is 51.7 Å². The Hall–Kier alpha value is -3.21. The van der Waals surface area contributed by atoms with Crippen LogP contribution in [0.15, 0.2) is 66.7 Å². The van der Waals surface area contributed by atoms with Gasteiger partial charge in [-0.05, 0) is 55.7 Å². The maximum Gasteiger partial charge on any atom is 0.243 e. The zero-order chi connectivity index (χ0) is 31.0. The molecule has 7 nitrogen and oxygen atoms in total. The molecule has 0 heterocycles. The van der Waals surface area contributed by atoms with Crippen LogP contribution in [0.25, 0.3) is 0 Å². The van der Waals surface area contributed by atoms with E-state index < -0.39 is 33.6 Å². The van der Waals surface area contributed by atoms with Gasteiger partial charge in [-0.25, -0.2) is 17.2 Å². The van der Waals surface area contributed by atoms with Crippen LogP contribution in [0.1, 0.15) is 37.8 Å². The fourth-order valence-corrected chi connectivity index (χ4v) is 5.69. The average molecular weight is 641 g/mol. The Kier molecular flexibility index (Phi) is 11.7. The summed E-state index contributed by atoms with van der Waals surface area (Å²) < 4.78 is 53.2. The van der Waals surface area contributed by atoms with Crippen molar-refractivity contribution in [3.05, 3.63) is 99.5 Å². The van der Waals surface area contributed by atoms with E-state index in [-0.39, 0.29) is 50.0 Å². The Balaban J connectivity index is 1.91. The molecule has 0 aliphatic carbocycles. The molecule has 0 aromatic heterocycles. The van der Waals surface area contributed by atoms with E-state index in [1.807, 2.05) is 44.2 Å². The predicted octanol–water partition coefficient (Wildman–Crippen LogP) is 5.98. The Bertz CT molecular complexity index is 1510. The van der Waals surface area contributed by atoms with Crippen LogP contribution < -0.4 is 9.62 Å². The van der Waals surface area contributed by atoms with E-state index in [0.717, 1.165) is 34.3 Å². The van der Waals surface area contributed by atoms with Crippen molar-refractivity contribution in [3.8, 4) is 0 Å². The van der Waals surface area contributed by atoms with Gasteiger partial charge in [0.15, 0.2) is 11.6 Å². The minimum atomic E-state index is -3.88. The Morgan fingerprint density at radius 1 is 0.905 bits per heavy atom. The number of benzene rings is 3. The molecule has 42 heavy (non-hydrogen) atoms. The predicted molar refractivity (Wildman–Crippen MR) is 162 cm³/mol. The van der Waals surface area contributed by atoms with Gasteiger partial charge in [0.1, 0.15) is 6.04 Å². The van der Waals surface area contributed by atoms with E-state index in [0.29, 0.717) is 15.6 Å². The summed E-state index contributed by atoms with van der Waals surface area (Å²) in [5.41, 5.74) is 1.43. The number of rotatable bonds is 13. The van der Waals surface area contributed by atoms with E-state index in [4.69, 9.17) is 23.2 Å². The summed E-state index contributed by atoms with van der Waals surface area (Å²) in [5, 5.41) is 3.53. The first kappa shape index (κ1) is 33.3. The topological polar surface area (TPSA) is 86.8 Å². The third-order valence-corrected chi connectivity index (χ3v) is 8.32. The molecule has 3 rings (SSSR count). The monoisotopic (exact) mass is 639 g/mol. The van der Waals surface area contributed by atoms with Gasteiger partial charge in [0.05, 0.1) is 22.0 Å². The minimum Gasteiger partial charge on any atom is -0.352 e. The van der Waals surface area contributed by atoms with Gasteiger partial charge in [-0.3, -0.25) is 13.9 Å². The lowest BCUT2D eigenvalue weighted by atomic mass is 10.0. The van der Waals surface area contributed by atoms with Crippen LogP contribution in [-0.2, 0) is 32.6 Å². The minimum absolute atomic E-state index is 0.0394. The zero-order valence-electron chi connectivity index (χ0n) is 23.5. The molecule has 0 unspecified atom stereocenters. The normalized spacial score (nSPS) is 12.2. The van der Waals surface area contributed by atoms with Crippen LogP contribution in [0.2, 0.25) is 10.0 Å². The molecule has 0 fully saturated rings. The fraction of sp³-hybridized carbons (Fsp3) is 0.333. The molecule has 226 valence electrons. The van der Waals surface area contributed by atoms with Crippen molar-refractivity contribution in [3.63, 3.8) is 0 Å². The zero-order valence-corrected chi connectivity index (χ0v) is 25.8. The molecule has 0 saturated heterocycles. The molecular formula is C30H33Cl2F2N3O4S. The SMILES string of the molecule is CC(C)NC(=O)[C@H](Cc1ccccc1)N(Cc1ccc(Cl)c(Cl)c1)C(=O)CCCN(c1ccc(F)c(F)c1)S(C)(=O)=O. The van der Waals surface area contributed by atoms with Crippen molar-refractivity contribution in [2.75, 3.05) is 17.1 Å². The molecule has 3 aromatic rings. The van der Waals surface area contributed by atoms with Gasteiger partial charge in [-0.2, -0.15) is 0 Å². The van der Waals surface area contributed by atoms with Gasteiger partial charge < -0.3 is 10.2 Å². The molecule has 2 amide bonds. The Labute approximate surface area is 255 Å². The van der Waals surface area contributed by atoms with Crippen molar-refractivity contribution in [1.82, 2.24) is 10.2 Å². The lowest BCUT2D eigenvalue weighted by Crippen LogP contribution is -2.51. The number of hydrogen-bond donors (Lipinski definition) is 1. The summed E-state index contributed by atoms with van der Waals surface area (Å²) in [7, 11) is -3.88. The first-order valence-electron chi connectivity index (χ1n) is 13.3. The number of hydrogen-bond acceptors (Lipinski definition) is 4. The van der Waals surface area contributed by atoms with E-state index >= 15 is 0 Å². The third-order valence-electron chi connectivity index (χ3n) is 6.38. The van der Waals surface area contributed by atoms with E-state index in [2.05, 4.69) is 5.32 Å². The molecule has 0 radical (unpaired) electrons. The van der Waals surface area contributed by atoms with E-state index in [1.165, 1.54) is 4.90 Å². The summed E-state index contributed by atoms with van der Waals surface area (Å²) in [5.74, 6) is -3.05. The van der Waals surface area contributed by atoms with Crippen molar-refractivity contribution in [2.24, 2.45) is 0 Å². The fourth-order valence-electron chi connectivity index (χ4n) is 4.41. The van der Waals surface area contributed by atoms with Gasteiger partial charge in [0.25, 0.3) is 0 Å². The summed E-state index contributed by atoms with van der Waals surface area (Å²) >= 11 is 12.3. The second-order valence-electron chi connectivity index (χ2n) is 10.2. The third kappa shape index (κ3) is 9.40. The second kappa shape index (κ2) is 14.8. The lowest BCUT2D eigenvalue weighted by molar-refractivity contribution is -0.141. The highest BCUT2D eigenvalue weighted by molar-refractivity contribution is 7.92. The summed E-state index contributed by atoms with van der Waals surface area (Å²) in [6.45, 7) is 3.51. The number of amides is 2. The number of carbonyl (C=O) groups is 2. The highest BCUT2D eigenvalue weighted by Gasteiger charge is 2.31. The molecule has 1 atom stereocenters. The molecule has 0 spiro atoms. The standard InChI is InChI=1S/C30H33Cl2F2N3O4S/c1-20(2)35-30(39)28(17-21-8-5-4-6-9-21)36(19-22-11-13-24(31)25(32)16-22)29(38)10-7-15-37(42(3,40)41)23-12-14-26(33)27(34)18-23/h4-6,8-9,11-14,16,18,20,28H,7,10,15,17,19H2,1-3H3,(H,35,39)/t28-/m0/s1. The first-order valence-corrected chi connectivity index (χ1v) is 15.9. The number of halogens is 4. The maximum atomic E-state index is 13.9. The molecular weight excluding hydrogens is 607 g/mol. The number of nitrogens with one attached hydrogen (secondary N) is 1. The van der Waals surface area contributed by atoms with Crippen molar-refractivity contribution in [1.29, 1.82) is 0 Å². The van der Waals surface area contributed by atoms with Gasteiger partial charge in [-0.1, -0.05) is 59.6 Å². The van der Waals surface area contributed by atoms with E-state index in [9.17, 15) is 26.8 Å². The van der Waals surface area contributed by atoms with E-state index in [1.54, 1.807) is 18.2 Å². The average Bonchev–Trinajstić information content (AvgIpc) is 2.91. The highest BCUT2D eigenvalue weighted by Crippen LogP contribution is 2.25. The molecule has 0 bridgehead atoms. The van der Waals surface area contributed by atoms with Crippen LogP contribution in [0.3, 0.4) is 0 Å². The molecule has 12 heteroatoms. The smallest absolute Gasteiger partial charge is 0.243 e. The van der Waals surface area contributed by atoms with Gasteiger partial charge in [-0.15, -0.1) is 0 Å². The summed E-state index contributed by atoms with van der Waals surface area (Å²) in [4.78, 5) is 28.7. The lowest BCUT2D eigenvalue weighted by Gasteiger charge is -2.32. The second-order valence-corrected chi connectivity index (χ2v) is 12.9. The highest BCUT2D eigenvalue weighted by atomic mass is 35.5. The molecule has 0 aliphatic heterocycles. The van der Waals surface area contributed by atoms with Gasteiger partial charge in [0, 0.05) is 38.0 Å². The maximum absolute atomic E-state index is 13.9. The van der Waals surface area contributed by atoms with Gasteiger partial charge in [0.2, 0.25) is 21.8 Å². The summed E-state index contributed by atoms with van der Waals surface area (Å²) in [6.07, 6.45) is 1.10. The van der Waals surface area contributed by atoms with Crippen LogP contribution in [0, 0.1) is 11.6 Å².